The number of hydrogen-bond acceptors (Lipinski definition) is 8. The van der Waals surface area contributed by atoms with Crippen molar-refractivity contribution >= 4 is 0 Å². The van der Waals surface area contributed by atoms with Crippen LogP contribution in [0.5, 0.6) is 0 Å². The molecule has 0 aromatic rings. The zero-order valence-corrected chi connectivity index (χ0v) is 20.3. The van der Waals surface area contributed by atoms with Crippen LogP contribution < -0.4 is 0 Å². The van der Waals surface area contributed by atoms with Gasteiger partial charge in [0.1, 0.15) is 12.2 Å². The first kappa shape index (κ1) is 24.4. The SMILES string of the molecule is C[C@H]1C[C@@H](O)[C@H](CO)O[C@@H]2C[C@@H]3O[C@@H]4[C@@H](C)[C@H](C)C5(CCCO5)O[C@H]4[C@@H](O)[C@H](C)[C@H]3O[C@H]2C1. The Morgan fingerprint density at radius 3 is 2.24 bits per heavy atom. The predicted octanol–water partition coefficient (Wildman–Crippen LogP) is 1.62. The van der Waals surface area contributed by atoms with E-state index in [2.05, 4.69) is 20.8 Å². The molecule has 0 bridgehead atoms. The second-order valence-corrected chi connectivity index (χ2v) is 11.4. The van der Waals surface area contributed by atoms with Gasteiger partial charge in [0, 0.05) is 24.7 Å². The highest BCUT2D eigenvalue weighted by Crippen LogP contribution is 2.50. The highest BCUT2D eigenvalue weighted by atomic mass is 16.7. The predicted molar refractivity (Wildman–Crippen MR) is 118 cm³/mol. The molecule has 0 aromatic heterocycles. The molecule has 8 nitrogen and oxygen atoms in total. The molecule has 0 saturated carbocycles. The molecule has 1 spiro atoms. The lowest BCUT2D eigenvalue weighted by Crippen LogP contribution is -2.60. The Balaban J connectivity index is 1.41. The minimum Gasteiger partial charge on any atom is -0.394 e. The quantitative estimate of drug-likeness (QED) is 0.531. The van der Waals surface area contributed by atoms with Crippen LogP contribution in [0.2, 0.25) is 0 Å². The Kier molecular flexibility index (Phi) is 6.86. The molecule has 3 N–H and O–H groups in total. The Morgan fingerprint density at radius 2 is 1.55 bits per heavy atom. The van der Waals surface area contributed by atoms with Gasteiger partial charge in [0.2, 0.25) is 0 Å². The van der Waals surface area contributed by atoms with Gasteiger partial charge in [0.25, 0.3) is 0 Å². The molecule has 5 heterocycles. The molecule has 190 valence electrons. The van der Waals surface area contributed by atoms with Gasteiger partial charge in [-0.15, -0.1) is 0 Å². The van der Waals surface area contributed by atoms with Crippen molar-refractivity contribution in [2.45, 2.75) is 121 Å². The van der Waals surface area contributed by atoms with E-state index in [0.29, 0.717) is 19.4 Å². The van der Waals surface area contributed by atoms with E-state index in [0.717, 1.165) is 19.3 Å². The van der Waals surface area contributed by atoms with Crippen molar-refractivity contribution < 1.29 is 39.0 Å². The molecule has 8 heteroatoms. The van der Waals surface area contributed by atoms with Crippen LogP contribution >= 0.6 is 0 Å². The van der Waals surface area contributed by atoms with Gasteiger partial charge in [-0.25, -0.2) is 0 Å². The summed E-state index contributed by atoms with van der Waals surface area (Å²) in [6, 6.07) is 0. The molecule has 5 fully saturated rings. The van der Waals surface area contributed by atoms with E-state index < -0.39 is 30.2 Å². The zero-order valence-electron chi connectivity index (χ0n) is 20.3. The first-order valence-electron chi connectivity index (χ1n) is 13.0. The molecule has 14 atom stereocenters. The van der Waals surface area contributed by atoms with Crippen molar-refractivity contribution in [3.8, 4) is 0 Å². The molecule has 1 unspecified atom stereocenters. The lowest BCUT2D eigenvalue weighted by Gasteiger charge is -2.51. The van der Waals surface area contributed by atoms with Gasteiger partial charge in [-0.1, -0.05) is 27.7 Å². The van der Waals surface area contributed by atoms with Crippen LogP contribution in [-0.4, -0.2) is 89.3 Å². The maximum absolute atomic E-state index is 11.5. The van der Waals surface area contributed by atoms with E-state index in [4.69, 9.17) is 23.7 Å². The Hall–Kier alpha value is -0.320. The number of ether oxygens (including phenoxy) is 5. The fourth-order valence-electron chi connectivity index (χ4n) is 7.01. The van der Waals surface area contributed by atoms with Crippen LogP contribution in [0.3, 0.4) is 0 Å². The second-order valence-electron chi connectivity index (χ2n) is 11.4. The summed E-state index contributed by atoms with van der Waals surface area (Å²) in [6.45, 7) is 8.92. The van der Waals surface area contributed by atoms with E-state index >= 15 is 0 Å². The minimum atomic E-state index is -0.725. The zero-order chi connectivity index (χ0) is 23.5. The van der Waals surface area contributed by atoms with Crippen LogP contribution in [0.1, 0.15) is 59.8 Å². The maximum atomic E-state index is 11.5. The van der Waals surface area contributed by atoms with Crippen LogP contribution in [0.25, 0.3) is 0 Å². The van der Waals surface area contributed by atoms with Gasteiger partial charge in [-0.05, 0) is 31.1 Å². The molecular weight excluding hydrogens is 428 g/mol. The second kappa shape index (κ2) is 9.28. The van der Waals surface area contributed by atoms with Crippen LogP contribution in [0.4, 0.5) is 0 Å². The minimum absolute atomic E-state index is 0.143. The maximum Gasteiger partial charge on any atom is 0.171 e. The summed E-state index contributed by atoms with van der Waals surface area (Å²) >= 11 is 0. The number of aliphatic hydroxyl groups excluding tert-OH is 3. The molecule has 0 amide bonds. The van der Waals surface area contributed by atoms with Gasteiger partial charge >= 0.3 is 0 Å². The largest absolute Gasteiger partial charge is 0.394 e. The fourth-order valence-corrected chi connectivity index (χ4v) is 7.01. The van der Waals surface area contributed by atoms with Crippen LogP contribution in [-0.2, 0) is 23.7 Å². The highest BCUT2D eigenvalue weighted by Gasteiger charge is 2.60. The number of hydrogen-bond donors (Lipinski definition) is 3. The van der Waals surface area contributed by atoms with Gasteiger partial charge < -0.3 is 39.0 Å². The first-order valence-corrected chi connectivity index (χ1v) is 13.0. The summed E-state index contributed by atoms with van der Waals surface area (Å²) in [5.74, 6) is -0.297. The van der Waals surface area contributed by atoms with Crippen molar-refractivity contribution in [3.05, 3.63) is 0 Å². The van der Waals surface area contributed by atoms with Gasteiger partial charge in [0.15, 0.2) is 5.79 Å². The molecular formula is C25H42O8. The van der Waals surface area contributed by atoms with Crippen molar-refractivity contribution in [2.75, 3.05) is 13.2 Å². The summed E-state index contributed by atoms with van der Waals surface area (Å²) in [5, 5.41) is 31.8. The fraction of sp³-hybridized carbons (Fsp3) is 1.00. The van der Waals surface area contributed by atoms with Gasteiger partial charge in [-0.3, -0.25) is 0 Å². The first-order chi connectivity index (χ1) is 15.7. The van der Waals surface area contributed by atoms with E-state index in [1.165, 1.54) is 0 Å². The van der Waals surface area contributed by atoms with Crippen LogP contribution in [0.15, 0.2) is 0 Å². The summed E-state index contributed by atoms with van der Waals surface area (Å²) in [6.07, 6.45) is -0.0180. The Bertz CT molecular complexity index is 683. The number of rotatable bonds is 1. The number of aliphatic hydroxyl groups is 3. The third kappa shape index (κ3) is 4.18. The standard InChI is InChI=1S/C25H42O8/c1-12-8-16(27)20(11-26)30-18-10-19-22(31-17(18)9-12)14(3)21(28)24-23(32-19)13(2)15(4)25(33-24)6-5-7-29-25/h12-24,26-28H,5-11H2,1-4H3/t12-,13-,14-,15-,16+,17-,18+,19-,20-,21-,22+,23+,24-,25?/m0/s1. The summed E-state index contributed by atoms with van der Waals surface area (Å²) < 4.78 is 32.2. The summed E-state index contributed by atoms with van der Waals surface area (Å²) in [5.41, 5.74) is 0. The smallest absolute Gasteiger partial charge is 0.171 e. The van der Waals surface area contributed by atoms with Crippen molar-refractivity contribution in [1.82, 2.24) is 0 Å². The average Bonchev–Trinajstić information content (AvgIpc) is 3.22. The average molecular weight is 471 g/mol. The van der Waals surface area contributed by atoms with Gasteiger partial charge in [0.05, 0.1) is 55.9 Å². The van der Waals surface area contributed by atoms with E-state index in [9.17, 15) is 15.3 Å². The summed E-state index contributed by atoms with van der Waals surface area (Å²) in [4.78, 5) is 0. The summed E-state index contributed by atoms with van der Waals surface area (Å²) in [7, 11) is 0. The highest BCUT2D eigenvalue weighted by molar-refractivity contribution is 5.04. The third-order valence-electron chi connectivity index (χ3n) is 9.22. The normalized spacial score (nSPS) is 57.4. The Morgan fingerprint density at radius 1 is 0.818 bits per heavy atom. The van der Waals surface area contributed by atoms with E-state index in [1.54, 1.807) is 0 Å². The molecule has 5 rings (SSSR count). The van der Waals surface area contributed by atoms with Gasteiger partial charge in [-0.2, -0.15) is 0 Å². The molecule has 33 heavy (non-hydrogen) atoms. The molecule has 0 aromatic carbocycles. The molecule has 5 aliphatic heterocycles. The van der Waals surface area contributed by atoms with Crippen molar-refractivity contribution in [2.24, 2.45) is 23.7 Å². The van der Waals surface area contributed by atoms with E-state index in [-0.39, 0.29) is 60.8 Å². The monoisotopic (exact) mass is 470 g/mol. The van der Waals surface area contributed by atoms with Crippen molar-refractivity contribution in [3.63, 3.8) is 0 Å². The third-order valence-corrected chi connectivity index (χ3v) is 9.22. The Labute approximate surface area is 196 Å². The molecule has 5 aliphatic rings. The van der Waals surface area contributed by atoms with Crippen molar-refractivity contribution in [1.29, 1.82) is 0 Å². The van der Waals surface area contributed by atoms with E-state index in [1.807, 2.05) is 6.92 Å². The lowest BCUT2D eigenvalue weighted by molar-refractivity contribution is -0.338. The molecule has 0 radical (unpaired) electrons. The molecule has 0 aliphatic carbocycles. The van der Waals surface area contributed by atoms with Crippen LogP contribution in [0, 0.1) is 23.7 Å². The number of fused-ring (bicyclic) bond motifs is 3. The topological polar surface area (TPSA) is 107 Å². The lowest BCUT2D eigenvalue weighted by atomic mass is 9.76. The molecule has 5 saturated heterocycles.